The number of benzene rings is 1. The van der Waals surface area contributed by atoms with E-state index in [4.69, 9.17) is 9.15 Å². The quantitative estimate of drug-likeness (QED) is 0.415. The molecule has 3 aromatic rings. The first kappa shape index (κ1) is 17.4. The lowest BCUT2D eigenvalue weighted by Gasteiger charge is -2.08. The number of aromatic nitrogens is 2. The fraction of sp³-hybridized carbons (Fsp3) is 0.250. The first-order valence-electron chi connectivity index (χ1n) is 7.29. The molecule has 3 rings (SSSR count). The molecule has 2 heterocycles. The molecule has 9 heteroatoms. The second-order valence-corrected chi connectivity index (χ2v) is 7.19. The van der Waals surface area contributed by atoms with Crippen LogP contribution in [-0.2, 0) is 11.2 Å². The molecule has 130 valence electrons. The maximum atomic E-state index is 12.3. The van der Waals surface area contributed by atoms with Gasteiger partial charge in [-0.05, 0) is 30.9 Å². The predicted octanol–water partition coefficient (Wildman–Crippen LogP) is 2.86. The largest absolute Gasteiger partial charge is 0.497 e. The summed E-state index contributed by atoms with van der Waals surface area (Å²) in [6, 6.07) is 5.24. The van der Waals surface area contributed by atoms with Crippen LogP contribution in [0.3, 0.4) is 0 Å². The third kappa shape index (κ3) is 3.67. The monoisotopic (exact) mass is 377 g/mol. The lowest BCUT2D eigenvalue weighted by molar-refractivity contribution is -0.115. The summed E-state index contributed by atoms with van der Waals surface area (Å²) in [7, 11) is 1.54. The van der Waals surface area contributed by atoms with Crippen LogP contribution in [0.2, 0.25) is 0 Å². The summed E-state index contributed by atoms with van der Waals surface area (Å²) in [5.41, 5.74) is 0.936. The molecule has 1 N–H and O–H groups in total. The fourth-order valence-electron chi connectivity index (χ4n) is 2.37. The van der Waals surface area contributed by atoms with Crippen LogP contribution in [0.5, 0.6) is 5.75 Å². The van der Waals surface area contributed by atoms with E-state index in [-0.39, 0.29) is 12.3 Å². The van der Waals surface area contributed by atoms with E-state index < -0.39 is 5.63 Å². The van der Waals surface area contributed by atoms with Gasteiger partial charge in [-0.25, -0.2) is 4.79 Å². The van der Waals surface area contributed by atoms with Crippen LogP contribution in [0.25, 0.3) is 11.0 Å². The molecule has 1 amide bonds. The number of carbonyl (C=O) groups excluding carboxylic acids is 1. The number of amides is 1. The summed E-state index contributed by atoms with van der Waals surface area (Å²) in [5.74, 6) is 0.258. The van der Waals surface area contributed by atoms with Crippen molar-refractivity contribution in [3.63, 3.8) is 0 Å². The Morgan fingerprint density at radius 1 is 1.40 bits per heavy atom. The van der Waals surface area contributed by atoms with Gasteiger partial charge in [0.1, 0.15) is 11.3 Å². The van der Waals surface area contributed by atoms with Crippen molar-refractivity contribution in [1.82, 2.24) is 10.2 Å². The van der Waals surface area contributed by atoms with Crippen molar-refractivity contribution in [3.8, 4) is 5.75 Å². The van der Waals surface area contributed by atoms with Crippen LogP contribution in [0, 0.1) is 6.92 Å². The molecule has 2 aromatic heterocycles. The van der Waals surface area contributed by atoms with E-state index >= 15 is 0 Å². The number of carbonyl (C=O) groups is 1. The zero-order valence-electron chi connectivity index (χ0n) is 13.8. The Kier molecular flexibility index (Phi) is 5.05. The third-order valence-electron chi connectivity index (χ3n) is 3.66. The third-order valence-corrected chi connectivity index (χ3v) is 5.47. The number of ether oxygens (including phenoxy) is 1. The molecule has 0 aliphatic rings. The number of hydrogen-bond donors (Lipinski definition) is 1. The Bertz CT molecular complexity index is 997. The molecule has 0 fully saturated rings. The standard InChI is InChI=1S/C16H15N3O4S2/c1-8-10-5-4-9(22-2)6-12(10)23-14(21)11(8)7-13(20)17-15-18-19-16(24-3)25-15/h4-6H,7H2,1-3H3,(H,17,18,20). The van der Waals surface area contributed by atoms with Crippen LogP contribution in [0.15, 0.2) is 31.8 Å². The number of hydrogen-bond acceptors (Lipinski definition) is 8. The minimum absolute atomic E-state index is 0.0929. The molecule has 0 bridgehead atoms. The molecule has 1 aromatic carbocycles. The van der Waals surface area contributed by atoms with Gasteiger partial charge >= 0.3 is 5.63 Å². The molecule has 0 saturated heterocycles. The van der Waals surface area contributed by atoms with Crippen molar-refractivity contribution in [3.05, 3.63) is 39.7 Å². The average molecular weight is 377 g/mol. The molecular formula is C16H15N3O4S2. The fourth-order valence-corrected chi connectivity index (χ4v) is 3.56. The number of nitrogens with zero attached hydrogens (tertiary/aromatic N) is 2. The summed E-state index contributed by atoms with van der Waals surface area (Å²) in [5, 5.41) is 11.6. The van der Waals surface area contributed by atoms with E-state index in [2.05, 4.69) is 15.5 Å². The molecule has 0 unspecified atom stereocenters. The molecule has 25 heavy (non-hydrogen) atoms. The van der Waals surface area contributed by atoms with Crippen molar-refractivity contribution in [2.75, 3.05) is 18.7 Å². The number of thioether (sulfide) groups is 1. The van der Waals surface area contributed by atoms with Crippen LogP contribution >= 0.6 is 23.1 Å². The molecule has 0 aliphatic carbocycles. The minimum atomic E-state index is -0.532. The minimum Gasteiger partial charge on any atom is -0.497 e. The van der Waals surface area contributed by atoms with Crippen LogP contribution in [0.1, 0.15) is 11.1 Å². The van der Waals surface area contributed by atoms with E-state index in [0.717, 1.165) is 9.73 Å². The highest BCUT2D eigenvalue weighted by molar-refractivity contribution is 8.00. The normalized spacial score (nSPS) is 10.8. The predicted molar refractivity (Wildman–Crippen MR) is 97.8 cm³/mol. The molecule has 0 radical (unpaired) electrons. The SMILES string of the molecule is COc1ccc2c(C)c(CC(=O)Nc3nnc(SC)s3)c(=O)oc2c1. The topological polar surface area (TPSA) is 94.3 Å². The van der Waals surface area contributed by atoms with Gasteiger partial charge < -0.3 is 14.5 Å². The number of nitrogens with one attached hydrogen (secondary N) is 1. The number of anilines is 1. The second kappa shape index (κ2) is 7.24. The summed E-state index contributed by atoms with van der Waals surface area (Å²) in [4.78, 5) is 24.5. The van der Waals surface area contributed by atoms with Crippen molar-refractivity contribution < 1.29 is 13.9 Å². The summed E-state index contributed by atoms with van der Waals surface area (Å²) in [6.07, 6.45) is 1.79. The Hall–Kier alpha value is -2.39. The van der Waals surface area contributed by atoms with E-state index in [9.17, 15) is 9.59 Å². The second-order valence-electron chi connectivity index (χ2n) is 5.16. The molecular weight excluding hydrogens is 362 g/mol. The first-order valence-corrected chi connectivity index (χ1v) is 9.33. The van der Waals surface area contributed by atoms with Gasteiger partial charge in [-0.1, -0.05) is 23.1 Å². The maximum absolute atomic E-state index is 12.3. The van der Waals surface area contributed by atoms with Gasteiger partial charge in [-0.2, -0.15) is 0 Å². The highest BCUT2D eigenvalue weighted by Crippen LogP contribution is 2.25. The molecule has 0 aliphatic heterocycles. The molecule has 0 atom stereocenters. The average Bonchev–Trinajstić information content (AvgIpc) is 3.05. The Labute approximate surface area is 151 Å². The van der Waals surface area contributed by atoms with Gasteiger partial charge in [0.25, 0.3) is 0 Å². The van der Waals surface area contributed by atoms with Gasteiger partial charge in [-0.3, -0.25) is 4.79 Å². The smallest absolute Gasteiger partial charge is 0.340 e. The van der Waals surface area contributed by atoms with Crippen LogP contribution in [0.4, 0.5) is 5.13 Å². The highest BCUT2D eigenvalue weighted by Gasteiger charge is 2.16. The van der Waals surface area contributed by atoms with Crippen molar-refractivity contribution in [2.24, 2.45) is 0 Å². The Morgan fingerprint density at radius 3 is 2.88 bits per heavy atom. The number of aryl methyl sites for hydroxylation is 1. The van der Waals surface area contributed by atoms with E-state index in [1.54, 1.807) is 26.2 Å². The van der Waals surface area contributed by atoms with E-state index in [0.29, 0.717) is 27.6 Å². The summed E-state index contributed by atoms with van der Waals surface area (Å²) in [6.45, 7) is 1.80. The number of rotatable bonds is 5. The van der Waals surface area contributed by atoms with Gasteiger partial charge in [0.05, 0.1) is 19.1 Å². The lowest BCUT2D eigenvalue weighted by Crippen LogP contribution is -2.20. The van der Waals surface area contributed by atoms with Gasteiger partial charge in [-0.15, -0.1) is 10.2 Å². The van der Waals surface area contributed by atoms with Crippen molar-refractivity contribution in [1.29, 1.82) is 0 Å². The maximum Gasteiger partial charge on any atom is 0.340 e. The van der Waals surface area contributed by atoms with Crippen LogP contribution in [-0.4, -0.2) is 29.5 Å². The molecule has 7 nitrogen and oxygen atoms in total. The number of fused-ring (bicyclic) bond motifs is 1. The van der Waals surface area contributed by atoms with E-state index in [1.165, 1.54) is 23.1 Å². The van der Waals surface area contributed by atoms with E-state index in [1.807, 2.05) is 12.3 Å². The highest BCUT2D eigenvalue weighted by atomic mass is 32.2. The summed E-state index contributed by atoms with van der Waals surface area (Å²) >= 11 is 2.73. The molecule has 0 saturated carbocycles. The zero-order chi connectivity index (χ0) is 18.0. The van der Waals surface area contributed by atoms with Gasteiger partial charge in [0.2, 0.25) is 11.0 Å². The first-order chi connectivity index (χ1) is 12.0. The zero-order valence-corrected chi connectivity index (χ0v) is 15.4. The van der Waals surface area contributed by atoms with Crippen molar-refractivity contribution >= 4 is 45.1 Å². The van der Waals surface area contributed by atoms with Gasteiger partial charge in [0.15, 0.2) is 4.34 Å². The van der Waals surface area contributed by atoms with Crippen LogP contribution < -0.4 is 15.7 Å². The Morgan fingerprint density at radius 2 is 2.20 bits per heavy atom. The Balaban J connectivity index is 1.87. The number of methoxy groups -OCH3 is 1. The van der Waals surface area contributed by atoms with Crippen molar-refractivity contribution in [2.45, 2.75) is 17.7 Å². The lowest BCUT2D eigenvalue weighted by atomic mass is 10.0. The molecule has 0 spiro atoms. The van der Waals surface area contributed by atoms with Gasteiger partial charge in [0, 0.05) is 11.5 Å². The summed E-state index contributed by atoms with van der Waals surface area (Å²) < 4.78 is 11.2.